The molecule has 1 aliphatic carbocycles. The molecule has 176 valence electrons. The van der Waals surface area contributed by atoms with Crippen LogP contribution in [0.25, 0.3) is 21.7 Å². The fourth-order valence-corrected chi connectivity index (χ4v) is 6.84. The molecule has 0 fully saturated rings. The first-order valence-electron chi connectivity index (χ1n) is 10.9. The van der Waals surface area contributed by atoms with Crippen molar-refractivity contribution in [2.45, 2.75) is 24.4 Å². The minimum atomic E-state index is -0.179. The van der Waals surface area contributed by atoms with E-state index in [0.717, 1.165) is 29.7 Å². The summed E-state index contributed by atoms with van der Waals surface area (Å²) < 4.78 is 3.45. The van der Waals surface area contributed by atoms with Gasteiger partial charge in [-0.15, -0.1) is 21.5 Å². The number of halogens is 2. The van der Waals surface area contributed by atoms with Crippen molar-refractivity contribution in [1.29, 1.82) is 0 Å². The van der Waals surface area contributed by atoms with E-state index >= 15 is 0 Å². The van der Waals surface area contributed by atoms with Crippen LogP contribution in [-0.2, 0) is 17.6 Å². The number of hydrogen-bond donors (Lipinski definition) is 1. The van der Waals surface area contributed by atoms with Crippen molar-refractivity contribution in [3.05, 3.63) is 79.4 Å². The molecule has 1 amide bonds. The van der Waals surface area contributed by atoms with E-state index in [0.29, 0.717) is 37.7 Å². The Morgan fingerprint density at radius 2 is 1.91 bits per heavy atom. The standard InChI is InChI=1S/C24H17Cl2N5O2S2/c25-13-7-9-15(10-8-13)27-19(32)12-34-24-29-28-23-30(16-4-1-3-14(26)11-16)21(33)20-17-5-2-6-18(17)35-22(20)31(23)24/h1,3-4,7-11H,2,5-6,12H2,(H,27,32). The Morgan fingerprint density at radius 3 is 2.71 bits per heavy atom. The van der Waals surface area contributed by atoms with Gasteiger partial charge in [-0.3, -0.25) is 9.59 Å². The Morgan fingerprint density at radius 1 is 1.09 bits per heavy atom. The van der Waals surface area contributed by atoms with Gasteiger partial charge in [0, 0.05) is 20.6 Å². The van der Waals surface area contributed by atoms with E-state index in [1.165, 1.54) is 16.6 Å². The third kappa shape index (κ3) is 4.02. The van der Waals surface area contributed by atoms with E-state index in [4.69, 9.17) is 23.2 Å². The van der Waals surface area contributed by atoms with Crippen molar-refractivity contribution in [1.82, 2.24) is 19.2 Å². The van der Waals surface area contributed by atoms with Crippen LogP contribution in [0.5, 0.6) is 0 Å². The van der Waals surface area contributed by atoms with Crippen LogP contribution < -0.4 is 10.9 Å². The molecule has 0 bridgehead atoms. The highest BCUT2D eigenvalue weighted by Crippen LogP contribution is 2.37. The van der Waals surface area contributed by atoms with Gasteiger partial charge in [0.15, 0.2) is 5.16 Å². The number of hydrogen-bond acceptors (Lipinski definition) is 6. The number of aryl methyl sites for hydroxylation is 2. The third-order valence-corrected chi connectivity index (χ3v) is 8.56. The zero-order chi connectivity index (χ0) is 24.1. The molecule has 0 atom stereocenters. The van der Waals surface area contributed by atoms with Gasteiger partial charge in [0.2, 0.25) is 11.7 Å². The summed E-state index contributed by atoms with van der Waals surface area (Å²) in [6.07, 6.45) is 2.88. The summed E-state index contributed by atoms with van der Waals surface area (Å²) in [6, 6.07) is 14.1. The number of benzene rings is 2. The second-order valence-electron chi connectivity index (χ2n) is 8.12. The highest BCUT2D eigenvalue weighted by Gasteiger charge is 2.26. The van der Waals surface area contributed by atoms with Crippen molar-refractivity contribution in [3.63, 3.8) is 0 Å². The Balaban J connectivity index is 1.44. The summed E-state index contributed by atoms with van der Waals surface area (Å²) in [5, 5.41) is 14.0. The molecular formula is C24H17Cl2N5O2S2. The van der Waals surface area contributed by atoms with Crippen LogP contribution >= 0.6 is 46.3 Å². The molecule has 0 spiro atoms. The summed E-state index contributed by atoms with van der Waals surface area (Å²) in [5.41, 5.74) is 2.27. The van der Waals surface area contributed by atoms with E-state index in [2.05, 4.69) is 15.5 Å². The lowest BCUT2D eigenvalue weighted by molar-refractivity contribution is -0.113. The van der Waals surface area contributed by atoms with Gasteiger partial charge in [0.25, 0.3) is 5.56 Å². The number of amides is 1. The first-order chi connectivity index (χ1) is 17.0. The number of fused-ring (bicyclic) bond motifs is 5. The van der Waals surface area contributed by atoms with Gasteiger partial charge in [0.1, 0.15) is 4.83 Å². The molecule has 0 unspecified atom stereocenters. The maximum atomic E-state index is 13.7. The minimum absolute atomic E-state index is 0.126. The van der Waals surface area contributed by atoms with Crippen molar-refractivity contribution >= 4 is 73.9 Å². The minimum Gasteiger partial charge on any atom is -0.325 e. The molecule has 6 rings (SSSR count). The van der Waals surface area contributed by atoms with E-state index in [1.807, 2.05) is 10.5 Å². The van der Waals surface area contributed by atoms with Gasteiger partial charge in [-0.1, -0.05) is 41.0 Å². The second-order valence-corrected chi connectivity index (χ2v) is 11.0. The van der Waals surface area contributed by atoms with Crippen LogP contribution in [0.1, 0.15) is 16.9 Å². The monoisotopic (exact) mass is 541 g/mol. The van der Waals surface area contributed by atoms with Crippen LogP contribution in [0.4, 0.5) is 5.69 Å². The van der Waals surface area contributed by atoms with Crippen LogP contribution in [0, 0.1) is 0 Å². The summed E-state index contributed by atoms with van der Waals surface area (Å²) in [6.45, 7) is 0. The molecule has 0 aliphatic heterocycles. The van der Waals surface area contributed by atoms with Gasteiger partial charge in [-0.25, -0.2) is 8.97 Å². The molecule has 0 saturated heterocycles. The lowest BCUT2D eigenvalue weighted by Gasteiger charge is -2.10. The SMILES string of the molecule is O=C(CSc1nnc2n(-c3cccc(Cl)c3)c(=O)c3c4c(sc3n12)CCC4)Nc1ccc(Cl)cc1. The molecular weight excluding hydrogens is 525 g/mol. The summed E-state index contributed by atoms with van der Waals surface area (Å²) >= 11 is 15.0. The molecule has 7 nitrogen and oxygen atoms in total. The summed E-state index contributed by atoms with van der Waals surface area (Å²) in [7, 11) is 0. The molecule has 11 heteroatoms. The average Bonchev–Trinajstić information content (AvgIpc) is 3.54. The predicted octanol–water partition coefficient (Wildman–Crippen LogP) is 5.62. The number of carbonyl (C=O) groups excluding carboxylic acids is 1. The smallest absolute Gasteiger partial charge is 0.268 e. The lowest BCUT2D eigenvalue weighted by atomic mass is 10.2. The zero-order valence-electron chi connectivity index (χ0n) is 18.1. The van der Waals surface area contributed by atoms with E-state index in [9.17, 15) is 9.59 Å². The van der Waals surface area contributed by atoms with Crippen LogP contribution in [0.2, 0.25) is 10.0 Å². The number of aromatic nitrogens is 4. The molecule has 2 aromatic carbocycles. The number of thioether (sulfide) groups is 1. The van der Waals surface area contributed by atoms with Crippen LogP contribution in [-0.4, -0.2) is 30.8 Å². The number of rotatable bonds is 5. The van der Waals surface area contributed by atoms with E-state index in [1.54, 1.807) is 58.4 Å². The van der Waals surface area contributed by atoms with Crippen molar-refractivity contribution in [3.8, 4) is 5.69 Å². The number of carbonyl (C=O) groups is 1. The molecule has 3 aromatic heterocycles. The Hall–Kier alpha value is -2.85. The molecule has 1 N–H and O–H groups in total. The maximum Gasteiger partial charge on any atom is 0.268 e. The van der Waals surface area contributed by atoms with Crippen molar-refractivity contribution < 1.29 is 4.79 Å². The van der Waals surface area contributed by atoms with Gasteiger partial charge < -0.3 is 5.32 Å². The highest BCUT2D eigenvalue weighted by molar-refractivity contribution is 7.99. The molecule has 5 aromatic rings. The Labute approximate surface area is 217 Å². The van der Waals surface area contributed by atoms with Crippen LogP contribution in [0.3, 0.4) is 0 Å². The fraction of sp³-hybridized carbons (Fsp3) is 0.167. The van der Waals surface area contributed by atoms with Gasteiger partial charge in [-0.05, 0) is 67.3 Å². The van der Waals surface area contributed by atoms with Crippen molar-refractivity contribution in [2.75, 3.05) is 11.1 Å². The fourth-order valence-electron chi connectivity index (χ4n) is 4.36. The Kier molecular flexibility index (Phi) is 5.80. The van der Waals surface area contributed by atoms with Crippen LogP contribution in [0.15, 0.2) is 58.5 Å². The van der Waals surface area contributed by atoms with Crippen molar-refractivity contribution in [2.24, 2.45) is 0 Å². The average molecular weight is 542 g/mol. The number of nitrogens with zero attached hydrogens (tertiary/aromatic N) is 4. The molecule has 35 heavy (non-hydrogen) atoms. The maximum absolute atomic E-state index is 13.7. The number of thiophene rings is 1. The number of anilines is 1. The Bertz CT molecular complexity index is 1670. The first kappa shape index (κ1) is 22.6. The quantitative estimate of drug-likeness (QED) is 0.292. The summed E-state index contributed by atoms with van der Waals surface area (Å²) in [5.74, 6) is 0.346. The third-order valence-electron chi connectivity index (χ3n) is 5.87. The normalized spacial score (nSPS) is 13.0. The number of nitrogens with one attached hydrogen (secondary N) is 1. The second kappa shape index (κ2) is 8.98. The van der Waals surface area contributed by atoms with Gasteiger partial charge in [-0.2, -0.15) is 0 Å². The largest absolute Gasteiger partial charge is 0.325 e. The van der Waals surface area contributed by atoms with E-state index < -0.39 is 0 Å². The molecule has 0 radical (unpaired) electrons. The highest BCUT2D eigenvalue weighted by atomic mass is 35.5. The molecule has 1 aliphatic rings. The van der Waals surface area contributed by atoms with Gasteiger partial charge in [0.05, 0.1) is 16.8 Å². The van der Waals surface area contributed by atoms with Gasteiger partial charge >= 0.3 is 0 Å². The first-order valence-corrected chi connectivity index (χ1v) is 13.4. The summed E-state index contributed by atoms with van der Waals surface area (Å²) in [4.78, 5) is 28.4. The topological polar surface area (TPSA) is 81.3 Å². The van der Waals surface area contributed by atoms with E-state index in [-0.39, 0.29) is 17.2 Å². The molecule has 0 saturated carbocycles. The molecule has 3 heterocycles. The zero-order valence-corrected chi connectivity index (χ0v) is 21.3. The predicted molar refractivity (Wildman–Crippen MR) is 142 cm³/mol. The lowest BCUT2D eigenvalue weighted by Crippen LogP contribution is -2.22.